The summed E-state index contributed by atoms with van der Waals surface area (Å²) in [6.07, 6.45) is -0.588. The molecular formula is C19H18O2. The normalized spacial score (nSPS) is 12.3. The third-order valence-corrected chi connectivity index (χ3v) is 3.78. The van der Waals surface area contributed by atoms with Crippen LogP contribution in [0.5, 0.6) is 5.75 Å². The van der Waals surface area contributed by atoms with Crippen molar-refractivity contribution in [3.8, 4) is 16.9 Å². The summed E-state index contributed by atoms with van der Waals surface area (Å²) in [5.74, 6) is 0.718. The van der Waals surface area contributed by atoms with Gasteiger partial charge >= 0.3 is 0 Å². The lowest BCUT2D eigenvalue weighted by atomic mass is 9.92. The quantitative estimate of drug-likeness (QED) is 0.760. The molecule has 0 spiro atoms. The van der Waals surface area contributed by atoms with E-state index in [0.29, 0.717) is 0 Å². The molecule has 0 saturated heterocycles. The first-order valence-electron chi connectivity index (χ1n) is 7.05. The van der Waals surface area contributed by atoms with Crippen LogP contribution in [0.3, 0.4) is 0 Å². The first kappa shape index (κ1) is 13.7. The maximum absolute atomic E-state index is 10.2. The highest BCUT2D eigenvalue weighted by Gasteiger charge is 2.16. The highest BCUT2D eigenvalue weighted by Crippen LogP contribution is 2.38. The molecule has 3 rings (SSSR count). The Morgan fingerprint density at radius 3 is 2.29 bits per heavy atom. The zero-order valence-corrected chi connectivity index (χ0v) is 12.2. The summed E-state index contributed by atoms with van der Waals surface area (Å²) in [5.41, 5.74) is 2.96. The van der Waals surface area contributed by atoms with E-state index < -0.39 is 6.10 Å². The van der Waals surface area contributed by atoms with Gasteiger partial charge in [0.15, 0.2) is 0 Å². The number of hydrogen-bond acceptors (Lipinski definition) is 2. The van der Waals surface area contributed by atoms with Crippen LogP contribution in [0.4, 0.5) is 0 Å². The van der Waals surface area contributed by atoms with E-state index in [4.69, 9.17) is 4.74 Å². The van der Waals surface area contributed by atoms with Gasteiger partial charge in [0.25, 0.3) is 0 Å². The zero-order chi connectivity index (χ0) is 14.8. The Labute approximate surface area is 124 Å². The van der Waals surface area contributed by atoms with Crippen LogP contribution in [0.1, 0.15) is 18.6 Å². The van der Waals surface area contributed by atoms with Crippen molar-refractivity contribution in [1.82, 2.24) is 0 Å². The SMILES string of the molecule is COc1cccc(-c2cccc3ccccc23)c1[C@H](C)O. The fourth-order valence-corrected chi connectivity index (χ4v) is 2.85. The maximum Gasteiger partial charge on any atom is 0.125 e. The largest absolute Gasteiger partial charge is 0.496 e. The van der Waals surface area contributed by atoms with Crippen molar-refractivity contribution in [1.29, 1.82) is 0 Å². The fraction of sp³-hybridized carbons (Fsp3) is 0.158. The molecule has 0 saturated carbocycles. The molecule has 1 atom stereocenters. The molecule has 0 aliphatic rings. The molecule has 1 N–H and O–H groups in total. The molecule has 2 nitrogen and oxygen atoms in total. The second-order valence-corrected chi connectivity index (χ2v) is 5.12. The van der Waals surface area contributed by atoms with Crippen molar-refractivity contribution in [3.63, 3.8) is 0 Å². The van der Waals surface area contributed by atoms with Gasteiger partial charge in [-0.2, -0.15) is 0 Å². The minimum absolute atomic E-state index is 0.588. The predicted octanol–water partition coefficient (Wildman–Crippen LogP) is 4.57. The number of aliphatic hydroxyl groups excluding tert-OH is 1. The van der Waals surface area contributed by atoms with Crippen molar-refractivity contribution in [2.24, 2.45) is 0 Å². The van der Waals surface area contributed by atoms with E-state index in [1.54, 1.807) is 14.0 Å². The van der Waals surface area contributed by atoms with Crippen molar-refractivity contribution >= 4 is 10.8 Å². The van der Waals surface area contributed by atoms with E-state index >= 15 is 0 Å². The van der Waals surface area contributed by atoms with E-state index in [-0.39, 0.29) is 0 Å². The Morgan fingerprint density at radius 1 is 0.857 bits per heavy atom. The van der Waals surface area contributed by atoms with Gasteiger partial charge in [-0.25, -0.2) is 0 Å². The lowest BCUT2D eigenvalue weighted by Gasteiger charge is -2.17. The van der Waals surface area contributed by atoms with Gasteiger partial charge in [0.2, 0.25) is 0 Å². The number of methoxy groups -OCH3 is 1. The number of rotatable bonds is 3. The molecular weight excluding hydrogens is 260 g/mol. The number of ether oxygens (including phenoxy) is 1. The number of aliphatic hydroxyl groups is 1. The number of hydrogen-bond donors (Lipinski definition) is 1. The van der Waals surface area contributed by atoms with Crippen LogP contribution in [0, 0.1) is 0 Å². The Kier molecular flexibility index (Phi) is 3.63. The summed E-state index contributed by atoms with van der Waals surface area (Å²) in [5, 5.41) is 12.5. The van der Waals surface area contributed by atoms with E-state index in [9.17, 15) is 5.11 Å². The van der Waals surface area contributed by atoms with Crippen LogP contribution in [0.15, 0.2) is 60.7 Å². The van der Waals surface area contributed by atoms with Crippen molar-refractivity contribution < 1.29 is 9.84 Å². The van der Waals surface area contributed by atoms with Crippen LogP contribution in [-0.4, -0.2) is 12.2 Å². The Bertz CT molecular complexity index is 770. The zero-order valence-electron chi connectivity index (χ0n) is 12.2. The predicted molar refractivity (Wildman–Crippen MR) is 86.6 cm³/mol. The first-order valence-corrected chi connectivity index (χ1v) is 7.05. The number of fused-ring (bicyclic) bond motifs is 1. The van der Waals surface area contributed by atoms with E-state index in [2.05, 4.69) is 24.3 Å². The van der Waals surface area contributed by atoms with Gasteiger partial charge in [-0.05, 0) is 34.9 Å². The van der Waals surface area contributed by atoms with E-state index in [0.717, 1.165) is 22.4 Å². The van der Waals surface area contributed by atoms with Crippen LogP contribution >= 0.6 is 0 Å². The molecule has 3 aromatic carbocycles. The fourth-order valence-electron chi connectivity index (χ4n) is 2.85. The van der Waals surface area contributed by atoms with Crippen LogP contribution in [0.2, 0.25) is 0 Å². The molecule has 0 fully saturated rings. The Balaban J connectivity index is 2.33. The van der Waals surface area contributed by atoms with Crippen LogP contribution in [0.25, 0.3) is 21.9 Å². The summed E-state index contributed by atoms with van der Waals surface area (Å²) in [6, 6.07) is 20.4. The van der Waals surface area contributed by atoms with Crippen molar-refractivity contribution in [2.45, 2.75) is 13.0 Å². The molecule has 106 valence electrons. The molecule has 0 heterocycles. The summed E-state index contributed by atoms with van der Waals surface area (Å²) in [4.78, 5) is 0. The first-order chi connectivity index (χ1) is 10.2. The van der Waals surface area contributed by atoms with Gasteiger partial charge in [-0.15, -0.1) is 0 Å². The molecule has 0 aliphatic heterocycles. The van der Waals surface area contributed by atoms with Gasteiger partial charge in [0.1, 0.15) is 5.75 Å². The molecule has 0 aromatic heterocycles. The average molecular weight is 278 g/mol. The van der Waals surface area contributed by atoms with Crippen molar-refractivity contribution in [2.75, 3.05) is 7.11 Å². The van der Waals surface area contributed by atoms with E-state index in [1.807, 2.05) is 36.4 Å². The monoisotopic (exact) mass is 278 g/mol. The molecule has 0 radical (unpaired) electrons. The minimum Gasteiger partial charge on any atom is -0.496 e. The second-order valence-electron chi connectivity index (χ2n) is 5.12. The second kappa shape index (κ2) is 5.58. The summed E-state index contributed by atoms with van der Waals surface area (Å²) in [7, 11) is 1.63. The standard InChI is InChI=1S/C19H18O2/c1-13(20)19-17(11-6-12-18(19)21-2)16-10-5-8-14-7-3-4-9-15(14)16/h3-13,20H,1-2H3/t13-/m0/s1. The molecule has 0 aliphatic carbocycles. The Morgan fingerprint density at radius 2 is 1.52 bits per heavy atom. The molecule has 0 amide bonds. The lowest BCUT2D eigenvalue weighted by molar-refractivity contribution is 0.195. The van der Waals surface area contributed by atoms with Gasteiger partial charge in [0.05, 0.1) is 13.2 Å². The maximum atomic E-state index is 10.2. The van der Waals surface area contributed by atoms with Gasteiger partial charge in [-0.1, -0.05) is 54.6 Å². The highest BCUT2D eigenvalue weighted by atomic mass is 16.5. The van der Waals surface area contributed by atoms with E-state index in [1.165, 1.54) is 10.8 Å². The van der Waals surface area contributed by atoms with Crippen LogP contribution < -0.4 is 4.74 Å². The van der Waals surface area contributed by atoms with Gasteiger partial charge < -0.3 is 9.84 Å². The third kappa shape index (κ3) is 2.39. The van der Waals surface area contributed by atoms with Crippen LogP contribution in [-0.2, 0) is 0 Å². The highest BCUT2D eigenvalue weighted by molar-refractivity contribution is 5.97. The Hall–Kier alpha value is -2.32. The van der Waals surface area contributed by atoms with Gasteiger partial charge in [-0.3, -0.25) is 0 Å². The molecule has 0 bridgehead atoms. The molecule has 21 heavy (non-hydrogen) atoms. The smallest absolute Gasteiger partial charge is 0.125 e. The lowest BCUT2D eigenvalue weighted by Crippen LogP contribution is -1.99. The third-order valence-electron chi connectivity index (χ3n) is 3.78. The summed E-state index contributed by atoms with van der Waals surface area (Å²) >= 11 is 0. The molecule has 0 unspecified atom stereocenters. The number of benzene rings is 3. The van der Waals surface area contributed by atoms with Gasteiger partial charge in [0, 0.05) is 5.56 Å². The molecule has 3 aromatic rings. The van der Waals surface area contributed by atoms with Crippen molar-refractivity contribution in [3.05, 3.63) is 66.2 Å². The topological polar surface area (TPSA) is 29.5 Å². The molecule has 2 heteroatoms. The minimum atomic E-state index is -0.588. The average Bonchev–Trinajstić information content (AvgIpc) is 2.53. The summed E-state index contributed by atoms with van der Waals surface area (Å²) in [6.45, 7) is 1.77. The summed E-state index contributed by atoms with van der Waals surface area (Å²) < 4.78 is 5.42.